The van der Waals surface area contributed by atoms with E-state index in [0.29, 0.717) is 38.3 Å². The number of nitrogens with zero attached hydrogens (tertiary/aromatic N) is 2. The highest BCUT2D eigenvalue weighted by Gasteiger charge is 2.27. The number of nitrogens with one attached hydrogen (secondary N) is 1. The van der Waals surface area contributed by atoms with E-state index < -0.39 is 17.9 Å². The molecule has 2 aromatic carbocycles. The Morgan fingerprint density at radius 2 is 1.82 bits per heavy atom. The number of nitrogens with two attached hydrogens (primary N) is 1. The van der Waals surface area contributed by atoms with E-state index in [4.69, 9.17) is 19.7 Å². The fourth-order valence-corrected chi connectivity index (χ4v) is 4.54. The van der Waals surface area contributed by atoms with E-state index in [0.717, 1.165) is 29.7 Å². The van der Waals surface area contributed by atoms with Crippen LogP contribution in [0, 0.1) is 0 Å². The van der Waals surface area contributed by atoms with Crippen LogP contribution in [0.2, 0.25) is 0 Å². The molecule has 2 aromatic heterocycles. The van der Waals surface area contributed by atoms with Crippen molar-refractivity contribution < 1.29 is 23.6 Å². The van der Waals surface area contributed by atoms with E-state index in [1.807, 2.05) is 60.7 Å². The molecular formula is C29H32N4O5S. The number of Topliss-reactive ketones (excluding diaryl/α,β-unsaturated/α-hetero) is 1. The normalized spacial score (nSPS) is 11.6. The van der Waals surface area contributed by atoms with Crippen LogP contribution in [-0.2, 0) is 24.2 Å². The third kappa shape index (κ3) is 9.05. The van der Waals surface area contributed by atoms with Gasteiger partial charge in [0.25, 0.3) is 0 Å². The van der Waals surface area contributed by atoms with Crippen molar-refractivity contribution in [2.24, 2.45) is 5.73 Å². The second-order valence-corrected chi connectivity index (χ2v) is 9.95. The van der Waals surface area contributed by atoms with Crippen LogP contribution >= 0.6 is 11.3 Å². The van der Waals surface area contributed by atoms with Crippen LogP contribution in [0.25, 0.3) is 0 Å². The number of carbonyl (C=O) groups is 2. The Kier molecular flexibility index (Phi) is 10.6. The first kappa shape index (κ1) is 28.0. The SMILES string of the molecule is NCCCCC(NC(=O)OCc1ccccc1)C(=O)c1noc(Cc2ccc(OCCc3cccs3)cc2)n1. The molecule has 2 heterocycles. The standard InChI is InChI=1S/C29H32N4O5S/c30-16-5-4-10-25(31-29(35)37-20-22-7-2-1-3-8-22)27(34)28-32-26(38-33-28)19-21-11-13-23(14-12-21)36-17-15-24-9-6-18-39-24/h1-3,6-9,11-14,18,25H,4-5,10,15-17,19-20,30H2,(H,31,35). The average molecular weight is 549 g/mol. The molecule has 0 saturated carbocycles. The monoisotopic (exact) mass is 548 g/mol. The zero-order valence-corrected chi connectivity index (χ0v) is 22.4. The van der Waals surface area contributed by atoms with Crippen LogP contribution < -0.4 is 15.8 Å². The highest BCUT2D eigenvalue weighted by Crippen LogP contribution is 2.17. The summed E-state index contributed by atoms with van der Waals surface area (Å²) in [7, 11) is 0. The second kappa shape index (κ2) is 14.8. The van der Waals surface area contributed by atoms with E-state index in [-0.39, 0.29) is 12.4 Å². The third-order valence-electron chi connectivity index (χ3n) is 5.93. The smallest absolute Gasteiger partial charge is 0.408 e. The van der Waals surface area contributed by atoms with E-state index in [1.165, 1.54) is 4.88 Å². The number of hydrogen-bond acceptors (Lipinski definition) is 9. The van der Waals surface area contributed by atoms with Crippen molar-refractivity contribution in [3.63, 3.8) is 0 Å². The summed E-state index contributed by atoms with van der Waals surface area (Å²) in [4.78, 5) is 31.1. The summed E-state index contributed by atoms with van der Waals surface area (Å²) in [6, 6.07) is 20.2. The van der Waals surface area contributed by atoms with Crippen molar-refractivity contribution in [2.45, 2.75) is 44.8 Å². The van der Waals surface area contributed by atoms with Gasteiger partial charge in [0.2, 0.25) is 17.5 Å². The molecule has 0 aliphatic heterocycles. The molecule has 0 saturated heterocycles. The maximum Gasteiger partial charge on any atom is 0.408 e. The molecule has 0 spiro atoms. The Morgan fingerprint density at radius 1 is 1.00 bits per heavy atom. The van der Waals surface area contributed by atoms with Gasteiger partial charge in [-0.25, -0.2) is 4.79 Å². The van der Waals surface area contributed by atoms with Crippen molar-refractivity contribution >= 4 is 23.2 Å². The number of hydrogen-bond donors (Lipinski definition) is 2. The molecule has 10 heteroatoms. The molecule has 9 nitrogen and oxygen atoms in total. The second-order valence-electron chi connectivity index (χ2n) is 8.92. The molecule has 4 aromatic rings. The molecule has 1 amide bonds. The van der Waals surface area contributed by atoms with Crippen LogP contribution in [0.4, 0.5) is 4.79 Å². The van der Waals surface area contributed by atoms with Gasteiger partial charge in [0.05, 0.1) is 19.1 Å². The Balaban J connectivity index is 1.30. The predicted octanol–water partition coefficient (Wildman–Crippen LogP) is 4.95. The molecule has 0 aliphatic rings. The number of thiophene rings is 1. The highest BCUT2D eigenvalue weighted by atomic mass is 32.1. The largest absolute Gasteiger partial charge is 0.493 e. The lowest BCUT2D eigenvalue weighted by molar-refractivity contribution is 0.0896. The number of ether oxygens (including phenoxy) is 2. The van der Waals surface area contributed by atoms with E-state index in [9.17, 15) is 9.59 Å². The van der Waals surface area contributed by atoms with Crippen molar-refractivity contribution in [1.29, 1.82) is 0 Å². The molecule has 204 valence electrons. The van der Waals surface area contributed by atoms with Crippen LogP contribution in [0.15, 0.2) is 76.6 Å². The van der Waals surface area contributed by atoms with Gasteiger partial charge in [-0.1, -0.05) is 53.7 Å². The van der Waals surface area contributed by atoms with Crippen LogP contribution in [-0.4, -0.2) is 41.2 Å². The minimum absolute atomic E-state index is 0.0837. The number of amides is 1. The zero-order chi connectivity index (χ0) is 27.3. The topological polar surface area (TPSA) is 130 Å². The summed E-state index contributed by atoms with van der Waals surface area (Å²) in [5, 5.41) is 8.57. The lowest BCUT2D eigenvalue weighted by Gasteiger charge is -2.16. The minimum atomic E-state index is -0.851. The number of unbranched alkanes of at least 4 members (excludes halogenated alkanes) is 1. The van der Waals surface area contributed by atoms with Crippen LogP contribution in [0.3, 0.4) is 0 Å². The molecule has 1 atom stereocenters. The number of aromatic nitrogens is 2. The number of alkyl carbamates (subject to hydrolysis) is 1. The lowest BCUT2D eigenvalue weighted by Crippen LogP contribution is -2.41. The van der Waals surface area contributed by atoms with Gasteiger partial charge in [-0.3, -0.25) is 4.79 Å². The Hall–Kier alpha value is -4.02. The quantitative estimate of drug-likeness (QED) is 0.158. The number of rotatable bonds is 15. The third-order valence-corrected chi connectivity index (χ3v) is 6.87. The van der Waals surface area contributed by atoms with Crippen molar-refractivity contribution in [1.82, 2.24) is 15.5 Å². The van der Waals surface area contributed by atoms with Gasteiger partial charge in [0.15, 0.2) is 0 Å². The van der Waals surface area contributed by atoms with Crippen molar-refractivity contribution in [3.05, 3.63) is 99.8 Å². The number of ketones is 1. The van der Waals surface area contributed by atoms with Gasteiger partial charge in [0, 0.05) is 11.3 Å². The molecule has 0 radical (unpaired) electrons. The van der Waals surface area contributed by atoms with Crippen molar-refractivity contribution in [3.8, 4) is 5.75 Å². The molecule has 39 heavy (non-hydrogen) atoms. The lowest BCUT2D eigenvalue weighted by atomic mass is 10.0. The van der Waals surface area contributed by atoms with Gasteiger partial charge in [-0.15, -0.1) is 11.3 Å². The molecule has 0 fully saturated rings. The van der Waals surface area contributed by atoms with Gasteiger partial charge in [-0.05, 0) is 60.5 Å². The minimum Gasteiger partial charge on any atom is -0.493 e. The van der Waals surface area contributed by atoms with Crippen LogP contribution in [0.1, 0.15) is 51.8 Å². The molecule has 1 unspecified atom stereocenters. The zero-order valence-electron chi connectivity index (χ0n) is 21.6. The fraction of sp³-hybridized carbons (Fsp3) is 0.310. The highest BCUT2D eigenvalue weighted by molar-refractivity contribution is 7.09. The maximum atomic E-state index is 13.1. The first-order valence-corrected chi connectivity index (χ1v) is 13.8. The van der Waals surface area contributed by atoms with Crippen molar-refractivity contribution in [2.75, 3.05) is 13.2 Å². The number of benzene rings is 2. The summed E-state index contributed by atoms with van der Waals surface area (Å²) in [6.45, 7) is 1.20. The summed E-state index contributed by atoms with van der Waals surface area (Å²) >= 11 is 1.72. The van der Waals surface area contributed by atoms with Crippen LogP contribution in [0.5, 0.6) is 5.75 Å². The van der Waals surface area contributed by atoms with Gasteiger partial charge in [0.1, 0.15) is 12.4 Å². The average Bonchev–Trinajstić information content (AvgIpc) is 3.65. The molecular weight excluding hydrogens is 516 g/mol. The molecule has 0 bridgehead atoms. The summed E-state index contributed by atoms with van der Waals surface area (Å²) in [5.41, 5.74) is 7.38. The first-order valence-electron chi connectivity index (χ1n) is 12.9. The van der Waals surface area contributed by atoms with Gasteiger partial charge < -0.3 is 25.0 Å². The molecule has 4 rings (SSSR count). The maximum absolute atomic E-state index is 13.1. The Bertz CT molecular complexity index is 1290. The first-order chi connectivity index (χ1) is 19.1. The summed E-state index contributed by atoms with van der Waals surface area (Å²) in [5.74, 6) is 0.562. The van der Waals surface area contributed by atoms with Gasteiger partial charge >= 0.3 is 6.09 Å². The fourth-order valence-electron chi connectivity index (χ4n) is 3.85. The Labute approximate surface area is 231 Å². The summed E-state index contributed by atoms with van der Waals surface area (Å²) < 4.78 is 16.4. The van der Waals surface area contributed by atoms with E-state index in [1.54, 1.807) is 11.3 Å². The van der Waals surface area contributed by atoms with E-state index in [2.05, 4.69) is 26.9 Å². The Morgan fingerprint density at radius 3 is 2.56 bits per heavy atom. The number of carbonyl (C=O) groups excluding carboxylic acids is 2. The van der Waals surface area contributed by atoms with Gasteiger partial charge in [-0.2, -0.15) is 4.98 Å². The predicted molar refractivity (Wildman–Crippen MR) is 148 cm³/mol. The summed E-state index contributed by atoms with van der Waals surface area (Å²) in [6.07, 6.45) is 2.29. The molecule has 0 aliphatic carbocycles. The molecule has 3 N–H and O–H groups in total. The van der Waals surface area contributed by atoms with E-state index >= 15 is 0 Å².